The van der Waals surface area contributed by atoms with Crippen molar-refractivity contribution in [3.05, 3.63) is 0 Å². The van der Waals surface area contributed by atoms with E-state index in [4.69, 9.17) is 4.74 Å². The van der Waals surface area contributed by atoms with Gasteiger partial charge in [-0.3, -0.25) is 0 Å². The Kier molecular flexibility index (Phi) is 6.97. The van der Waals surface area contributed by atoms with Gasteiger partial charge in [-0.2, -0.15) is 0 Å². The van der Waals surface area contributed by atoms with Gasteiger partial charge in [0.15, 0.2) is 0 Å². The van der Waals surface area contributed by atoms with Crippen LogP contribution in [-0.2, 0) is 4.74 Å². The van der Waals surface area contributed by atoms with Crippen LogP contribution in [0.1, 0.15) is 58.8 Å². The first-order chi connectivity index (χ1) is 10.1. The maximum atomic E-state index is 5.58. The van der Waals surface area contributed by atoms with E-state index >= 15 is 0 Å². The first kappa shape index (κ1) is 17.2. The minimum absolute atomic E-state index is 0.489. The molecule has 1 saturated heterocycles. The molecule has 2 aliphatic rings. The average Bonchev–Trinajstić information content (AvgIpc) is 2.88. The largest absolute Gasteiger partial charge is 0.380 e. The molecule has 0 amide bonds. The smallest absolute Gasteiger partial charge is 0.0622 e. The number of likely N-dealkylation sites (N-methyl/N-ethyl adjacent to an activating group) is 1. The molecule has 0 spiro atoms. The predicted molar refractivity (Wildman–Crippen MR) is 89.7 cm³/mol. The summed E-state index contributed by atoms with van der Waals surface area (Å²) in [5.41, 5.74) is 0.489. The van der Waals surface area contributed by atoms with Crippen LogP contribution in [0.4, 0.5) is 0 Å². The van der Waals surface area contributed by atoms with Gasteiger partial charge in [0.05, 0.1) is 6.61 Å². The summed E-state index contributed by atoms with van der Waals surface area (Å²) < 4.78 is 5.58. The molecule has 1 aliphatic carbocycles. The van der Waals surface area contributed by atoms with Gasteiger partial charge in [0.2, 0.25) is 0 Å². The SMILES string of the molecule is CC(C)CNCC1(CN(C)C2CCOC2)CCCCCC1. The molecule has 2 rings (SSSR count). The van der Waals surface area contributed by atoms with E-state index in [0.717, 1.165) is 25.7 Å². The lowest BCUT2D eigenvalue weighted by molar-refractivity contribution is 0.101. The molecule has 3 nitrogen and oxygen atoms in total. The Morgan fingerprint density at radius 3 is 2.48 bits per heavy atom. The van der Waals surface area contributed by atoms with E-state index in [1.54, 1.807) is 0 Å². The third kappa shape index (κ3) is 5.54. The minimum atomic E-state index is 0.489. The van der Waals surface area contributed by atoms with E-state index in [0.29, 0.717) is 11.5 Å². The van der Waals surface area contributed by atoms with E-state index in [-0.39, 0.29) is 0 Å². The Morgan fingerprint density at radius 1 is 1.19 bits per heavy atom. The molecule has 1 heterocycles. The zero-order chi connectivity index (χ0) is 15.1. The van der Waals surface area contributed by atoms with Crippen LogP contribution in [-0.4, -0.2) is 50.8 Å². The molecule has 0 radical (unpaired) electrons. The number of ether oxygens (including phenoxy) is 1. The maximum Gasteiger partial charge on any atom is 0.0622 e. The summed E-state index contributed by atoms with van der Waals surface area (Å²) in [6.45, 7) is 10.1. The third-order valence-electron chi connectivity index (χ3n) is 5.33. The van der Waals surface area contributed by atoms with Crippen LogP contribution < -0.4 is 5.32 Å². The number of nitrogens with one attached hydrogen (secondary N) is 1. The first-order valence-electron chi connectivity index (χ1n) is 9.10. The Morgan fingerprint density at radius 2 is 1.90 bits per heavy atom. The van der Waals surface area contributed by atoms with Crippen molar-refractivity contribution in [2.45, 2.75) is 64.8 Å². The Hall–Kier alpha value is -0.120. The van der Waals surface area contributed by atoms with Crippen molar-refractivity contribution >= 4 is 0 Å². The predicted octanol–water partition coefficient (Wildman–Crippen LogP) is 3.29. The molecular weight excluding hydrogens is 260 g/mol. The van der Waals surface area contributed by atoms with Gasteiger partial charge in [-0.25, -0.2) is 0 Å². The minimum Gasteiger partial charge on any atom is -0.380 e. The van der Waals surface area contributed by atoms with Crippen LogP contribution in [0.3, 0.4) is 0 Å². The molecule has 1 aliphatic heterocycles. The zero-order valence-electron chi connectivity index (χ0n) is 14.5. The second-order valence-electron chi connectivity index (χ2n) is 7.87. The van der Waals surface area contributed by atoms with Crippen molar-refractivity contribution in [2.24, 2.45) is 11.3 Å². The maximum absolute atomic E-state index is 5.58. The van der Waals surface area contributed by atoms with E-state index in [2.05, 4.69) is 31.1 Å². The second kappa shape index (κ2) is 8.50. The van der Waals surface area contributed by atoms with Gasteiger partial charge in [0, 0.05) is 25.7 Å². The molecule has 3 heteroatoms. The van der Waals surface area contributed by atoms with Gasteiger partial charge < -0.3 is 15.0 Å². The molecule has 21 heavy (non-hydrogen) atoms. The van der Waals surface area contributed by atoms with Gasteiger partial charge in [0.1, 0.15) is 0 Å². The van der Waals surface area contributed by atoms with Crippen molar-refractivity contribution in [3.63, 3.8) is 0 Å². The lowest BCUT2D eigenvalue weighted by Gasteiger charge is -2.39. The Bertz CT molecular complexity index is 279. The standard InChI is InChI=1S/C18H36N2O/c1-16(2)12-19-14-18(9-6-4-5-7-10-18)15-20(3)17-8-11-21-13-17/h16-17,19H,4-15H2,1-3H3. The van der Waals surface area contributed by atoms with Crippen molar-refractivity contribution in [2.75, 3.05) is 39.9 Å². The van der Waals surface area contributed by atoms with Crippen LogP contribution >= 0.6 is 0 Å². The van der Waals surface area contributed by atoms with Crippen molar-refractivity contribution in [3.8, 4) is 0 Å². The molecule has 1 saturated carbocycles. The van der Waals surface area contributed by atoms with E-state index in [1.807, 2.05) is 0 Å². The normalized spacial score (nSPS) is 26.4. The fourth-order valence-corrected chi connectivity index (χ4v) is 4.02. The molecule has 1 unspecified atom stereocenters. The van der Waals surface area contributed by atoms with Crippen LogP contribution in [0.2, 0.25) is 0 Å². The highest BCUT2D eigenvalue weighted by Gasteiger charge is 2.34. The van der Waals surface area contributed by atoms with E-state index in [9.17, 15) is 0 Å². The monoisotopic (exact) mass is 296 g/mol. The molecule has 1 N–H and O–H groups in total. The fourth-order valence-electron chi connectivity index (χ4n) is 4.02. The Labute approximate surface area is 131 Å². The number of nitrogens with zero attached hydrogens (tertiary/aromatic N) is 1. The highest BCUT2D eigenvalue weighted by atomic mass is 16.5. The van der Waals surface area contributed by atoms with Gasteiger partial charge in [-0.15, -0.1) is 0 Å². The molecule has 1 atom stereocenters. The first-order valence-corrected chi connectivity index (χ1v) is 9.10. The quantitative estimate of drug-likeness (QED) is 0.730. The molecule has 0 aromatic carbocycles. The van der Waals surface area contributed by atoms with Gasteiger partial charge in [-0.05, 0) is 44.2 Å². The lowest BCUT2D eigenvalue weighted by Crippen LogP contribution is -2.46. The fraction of sp³-hybridized carbons (Fsp3) is 1.00. The van der Waals surface area contributed by atoms with E-state index < -0.39 is 0 Å². The highest BCUT2D eigenvalue weighted by molar-refractivity contribution is 4.88. The highest BCUT2D eigenvalue weighted by Crippen LogP contribution is 2.36. The molecular formula is C18H36N2O. The second-order valence-corrected chi connectivity index (χ2v) is 7.87. The number of hydrogen-bond donors (Lipinski definition) is 1. The lowest BCUT2D eigenvalue weighted by atomic mass is 9.79. The number of hydrogen-bond acceptors (Lipinski definition) is 3. The van der Waals surface area contributed by atoms with Crippen molar-refractivity contribution < 1.29 is 4.74 Å². The molecule has 0 aromatic heterocycles. The summed E-state index contributed by atoms with van der Waals surface area (Å²) in [6.07, 6.45) is 9.71. The molecule has 0 aromatic rings. The summed E-state index contributed by atoms with van der Waals surface area (Å²) in [6, 6.07) is 0.648. The van der Waals surface area contributed by atoms with Crippen LogP contribution in [0.5, 0.6) is 0 Å². The van der Waals surface area contributed by atoms with Gasteiger partial charge >= 0.3 is 0 Å². The van der Waals surface area contributed by atoms with Crippen LogP contribution in [0, 0.1) is 11.3 Å². The van der Waals surface area contributed by atoms with Gasteiger partial charge in [-0.1, -0.05) is 39.5 Å². The average molecular weight is 296 g/mol. The van der Waals surface area contributed by atoms with Crippen LogP contribution in [0.15, 0.2) is 0 Å². The van der Waals surface area contributed by atoms with E-state index in [1.165, 1.54) is 58.0 Å². The third-order valence-corrected chi connectivity index (χ3v) is 5.33. The van der Waals surface area contributed by atoms with Crippen molar-refractivity contribution in [1.29, 1.82) is 0 Å². The molecule has 2 fully saturated rings. The molecule has 0 bridgehead atoms. The summed E-state index contributed by atoms with van der Waals surface area (Å²) in [5.74, 6) is 0.744. The summed E-state index contributed by atoms with van der Waals surface area (Å²) in [7, 11) is 2.31. The van der Waals surface area contributed by atoms with Crippen molar-refractivity contribution in [1.82, 2.24) is 10.2 Å². The summed E-state index contributed by atoms with van der Waals surface area (Å²) >= 11 is 0. The van der Waals surface area contributed by atoms with Crippen LogP contribution in [0.25, 0.3) is 0 Å². The Balaban J connectivity index is 1.92. The topological polar surface area (TPSA) is 24.5 Å². The number of rotatable bonds is 7. The molecule has 124 valence electrons. The zero-order valence-corrected chi connectivity index (χ0v) is 14.5. The van der Waals surface area contributed by atoms with Gasteiger partial charge in [0.25, 0.3) is 0 Å². The summed E-state index contributed by atoms with van der Waals surface area (Å²) in [5, 5.41) is 3.76. The summed E-state index contributed by atoms with van der Waals surface area (Å²) in [4.78, 5) is 2.59.